The Morgan fingerprint density at radius 2 is 2.27 bits per heavy atom. The van der Waals surface area contributed by atoms with Gasteiger partial charge in [0, 0.05) is 30.2 Å². The second-order valence-corrected chi connectivity index (χ2v) is 4.65. The van der Waals surface area contributed by atoms with Gasteiger partial charge in [0.25, 0.3) is 5.91 Å². The minimum Gasteiger partial charge on any atom is -0.336 e. The van der Waals surface area contributed by atoms with Gasteiger partial charge in [0.1, 0.15) is 0 Å². The van der Waals surface area contributed by atoms with Gasteiger partial charge in [0.15, 0.2) is 0 Å². The maximum atomic E-state index is 12.0. The molecule has 0 saturated carbocycles. The van der Waals surface area contributed by atoms with E-state index in [1.165, 1.54) is 0 Å². The molecule has 0 aliphatic carbocycles. The van der Waals surface area contributed by atoms with Crippen LogP contribution in [-0.4, -0.2) is 37.0 Å². The van der Waals surface area contributed by atoms with Crippen molar-refractivity contribution in [1.82, 2.24) is 10.2 Å². The topological polar surface area (TPSA) is 32.3 Å². The molecule has 0 atom stereocenters. The molecule has 1 heterocycles. The zero-order chi connectivity index (χ0) is 10.8. The molecule has 3 nitrogen and oxygen atoms in total. The van der Waals surface area contributed by atoms with Gasteiger partial charge in [0.05, 0.1) is 6.04 Å². The summed E-state index contributed by atoms with van der Waals surface area (Å²) in [6.45, 7) is 1.80. The number of carbonyl (C=O) groups excluding carboxylic acids is 1. The van der Waals surface area contributed by atoms with Crippen molar-refractivity contribution < 1.29 is 4.79 Å². The van der Waals surface area contributed by atoms with E-state index in [1.54, 1.807) is 4.90 Å². The van der Waals surface area contributed by atoms with Gasteiger partial charge in [-0.25, -0.2) is 0 Å². The highest BCUT2D eigenvalue weighted by atomic mass is 79.9. The molecule has 1 amide bonds. The van der Waals surface area contributed by atoms with Crippen molar-refractivity contribution in [1.29, 1.82) is 0 Å². The van der Waals surface area contributed by atoms with Gasteiger partial charge in [0.2, 0.25) is 0 Å². The summed E-state index contributed by atoms with van der Waals surface area (Å²) in [4.78, 5) is 13.8. The summed E-state index contributed by atoms with van der Waals surface area (Å²) in [5.74, 6) is 0.0859. The molecule has 1 aromatic carbocycles. The van der Waals surface area contributed by atoms with E-state index in [4.69, 9.17) is 0 Å². The Morgan fingerprint density at radius 1 is 1.53 bits per heavy atom. The third-order valence-electron chi connectivity index (χ3n) is 2.70. The molecule has 0 spiro atoms. The summed E-state index contributed by atoms with van der Waals surface area (Å²) in [7, 11) is 1.86. The fourth-order valence-corrected chi connectivity index (χ4v) is 1.94. The predicted octanol–water partition coefficient (Wildman–Crippen LogP) is 1.49. The number of benzene rings is 1. The first-order chi connectivity index (χ1) is 7.18. The Bertz CT molecular complexity index is 377. The number of halogens is 1. The van der Waals surface area contributed by atoms with Gasteiger partial charge in [-0.3, -0.25) is 4.79 Å². The molecule has 0 bridgehead atoms. The quantitative estimate of drug-likeness (QED) is 0.882. The smallest absolute Gasteiger partial charge is 0.253 e. The van der Waals surface area contributed by atoms with E-state index in [1.807, 2.05) is 31.3 Å². The highest BCUT2D eigenvalue weighted by molar-refractivity contribution is 9.10. The Morgan fingerprint density at radius 3 is 2.80 bits per heavy atom. The standard InChI is InChI=1S/C11H13BrN2O/c1-14(10-6-13-7-10)11(15)8-3-2-4-9(12)5-8/h2-5,10,13H,6-7H2,1H3. The van der Waals surface area contributed by atoms with E-state index in [0.717, 1.165) is 23.1 Å². The third-order valence-corrected chi connectivity index (χ3v) is 3.19. The van der Waals surface area contributed by atoms with Crippen LogP contribution in [0, 0.1) is 0 Å². The maximum absolute atomic E-state index is 12.0. The molecule has 1 aromatic rings. The summed E-state index contributed by atoms with van der Waals surface area (Å²) in [5, 5.41) is 3.16. The van der Waals surface area contributed by atoms with Crippen molar-refractivity contribution in [2.45, 2.75) is 6.04 Å². The summed E-state index contributed by atoms with van der Waals surface area (Å²) in [6.07, 6.45) is 0. The SMILES string of the molecule is CN(C(=O)c1cccc(Br)c1)C1CNC1. The van der Waals surface area contributed by atoms with Crippen molar-refractivity contribution in [3.8, 4) is 0 Å². The Hall–Kier alpha value is -0.870. The highest BCUT2D eigenvalue weighted by Gasteiger charge is 2.25. The van der Waals surface area contributed by atoms with Gasteiger partial charge in [-0.1, -0.05) is 22.0 Å². The predicted molar refractivity (Wildman–Crippen MR) is 62.9 cm³/mol. The number of amides is 1. The van der Waals surface area contributed by atoms with Crippen molar-refractivity contribution >= 4 is 21.8 Å². The monoisotopic (exact) mass is 268 g/mol. The van der Waals surface area contributed by atoms with Crippen LogP contribution in [0.1, 0.15) is 10.4 Å². The molecule has 1 saturated heterocycles. The normalized spacial score (nSPS) is 15.9. The lowest BCUT2D eigenvalue weighted by Gasteiger charge is -2.35. The van der Waals surface area contributed by atoms with E-state index < -0.39 is 0 Å². The van der Waals surface area contributed by atoms with Crippen LogP contribution in [0.15, 0.2) is 28.7 Å². The first-order valence-electron chi connectivity index (χ1n) is 4.92. The Kier molecular flexibility index (Phi) is 3.07. The van der Waals surface area contributed by atoms with Crippen LogP contribution in [0.2, 0.25) is 0 Å². The number of hydrogen-bond acceptors (Lipinski definition) is 2. The third kappa shape index (κ3) is 2.21. The van der Waals surface area contributed by atoms with Gasteiger partial charge in [-0.2, -0.15) is 0 Å². The van der Waals surface area contributed by atoms with Gasteiger partial charge in [-0.15, -0.1) is 0 Å². The van der Waals surface area contributed by atoms with Crippen molar-refractivity contribution in [2.75, 3.05) is 20.1 Å². The van der Waals surface area contributed by atoms with Crippen molar-refractivity contribution in [2.24, 2.45) is 0 Å². The largest absolute Gasteiger partial charge is 0.336 e. The number of nitrogens with zero attached hydrogens (tertiary/aromatic N) is 1. The second-order valence-electron chi connectivity index (χ2n) is 3.74. The minimum atomic E-state index is 0.0859. The van der Waals surface area contributed by atoms with Crippen LogP contribution in [0.3, 0.4) is 0 Å². The average Bonchev–Trinajstić information content (AvgIpc) is 2.14. The van der Waals surface area contributed by atoms with E-state index in [-0.39, 0.29) is 5.91 Å². The van der Waals surface area contributed by atoms with Crippen LogP contribution in [-0.2, 0) is 0 Å². The molecular formula is C11H13BrN2O. The van der Waals surface area contributed by atoms with Gasteiger partial charge >= 0.3 is 0 Å². The van der Waals surface area contributed by atoms with Gasteiger partial charge < -0.3 is 10.2 Å². The van der Waals surface area contributed by atoms with Crippen molar-refractivity contribution in [3.05, 3.63) is 34.3 Å². The molecule has 0 aromatic heterocycles. The molecule has 1 aliphatic rings. The van der Waals surface area contributed by atoms with Crippen LogP contribution in [0.4, 0.5) is 0 Å². The van der Waals surface area contributed by atoms with Crippen LogP contribution in [0.25, 0.3) is 0 Å². The number of nitrogens with one attached hydrogen (secondary N) is 1. The summed E-state index contributed by atoms with van der Waals surface area (Å²) < 4.78 is 0.938. The number of rotatable bonds is 2. The number of hydrogen-bond donors (Lipinski definition) is 1. The second kappa shape index (κ2) is 4.33. The van der Waals surface area contributed by atoms with E-state index >= 15 is 0 Å². The molecule has 80 valence electrons. The molecule has 0 radical (unpaired) electrons. The molecular weight excluding hydrogens is 256 g/mol. The van der Waals surface area contributed by atoms with E-state index in [0.29, 0.717) is 6.04 Å². The van der Waals surface area contributed by atoms with E-state index in [9.17, 15) is 4.79 Å². The highest BCUT2D eigenvalue weighted by Crippen LogP contribution is 2.14. The maximum Gasteiger partial charge on any atom is 0.253 e. The summed E-state index contributed by atoms with van der Waals surface area (Å²) in [6, 6.07) is 7.84. The number of carbonyl (C=O) groups is 1. The zero-order valence-electron chi connectivity index (χ0n) is 8.53. The lowest BCUT2D eigenvalue weighted by Crippen LogP contribution is -2.57. The van der Waals surface area contributed by atoms with Crippen LogP contribution < -0.4 is 5.32 Å². The molecule has 2 rings (SSSR count). The van der Waals surface area contributed by atoms with Gasteiger partial charge in [-0.05, 0) is 18.2 Å². The molecule has 1 fully saturated rings. The molecule has 1 N–H and O–H groups in total. The fourth-order valence-electron chi connectivity index (χ4n) is 1.54. The fraction of sp³-hybridized carbons (Fsp3) is 0.364. The lowest BCUT2D eigenvalue weighted by molar-refractivity contribution is 0.0681. The Balaban J connectivity index is 2.12. The minimum absolute atomic E-state index is 0.0859. The lowest BCUT2D eigenvalue weighted by atomic mass is 10.1. The molecule has 4 heteroatoms. The molecule has 15 heavy (non-hydrogen) atoms. The summed E-state index contributed by atoms with van der Waals surface area (Å²) in [5.41, 5.74) is 0.735. The first kappa shape index (κ1) is 10.6. The zero-order valence-corrected chi connectivity index (χ0v) is 10.1. The average molecular weight is 269 g/mol. The molecule has 0 unspecified atom stereocenters. The summed E-state index contributed by atoms with van der Waals surface area (Å²) >= 11 is 3.36. The van der Waals surface area contributed by atoms with Crippen LogP contribution >= 0.6 is 15.9 Å². The Labute approximate surface area is 97.6 Å². The number of likely N-dealkylation sites (N-methyl/N-ethyl adjacent to an activating group) is 1. The van der Waals surface area contributed by atoms with Crippen molar-refractivity contribution in [3.63, 3.8) is 0 Å². The molecule has 1 aliphatic heterocycles. The van der Waals surface area contributed by atoms with Crippen LogP contribution in [0.5, 0.6) is 0 Å². The first-order valence-corrected chi connectivity index (χ1v) is 5.71. The van der Waals surface area contributed by atoms with E-state index in [2.05, 4.69) is 21.2 Å².